The minimum absolute atomic E-state index is 0.189. The van der Waals surface area contributed by atoms with Gasteiger partial charge in [0.05, 0.1) is 11.3 Å². The minimum Gasteiger partial charge on any atom is -0.241 e. The number of rotatable bonds is 1. The third-order valence-corrected chi connectivity index (χ3v) is 2.88. The van der Waals surface area contributed by atoms with Gasteiger partial charge in [-0.2, -0.15) is 0 Å². The van der Waals surface area contributed by atoms with Crippen LogP contribution in [0, 0.1) is 36.0 Å². The van der Waals surface area contributed by atoms with Gasteiger partial charge in [0.1, 0.15) is 5.01 Å². The number of halogens is 5. The van der Waals surface area contributed by atoms with Crippen LogP contribution in [0.5, 0.6) is 0 Å². The van der Waals surface area contributed by atoms with E-state index in [-0.39, 0.29) is 10.7 Å². The third-order valence-electron chi connectivity index (χ3n) is 1.98. The molecular weight excluding hydrogens is 261 g/mol. The average Bonchev–Trinajstić information content (AvgIpc) is 2.71. The molecule has 0 aliphatic rings. The molecule has 0 fully saturated rings. The van der Waals surface area contributed by atoms with Gasteiger partial charge >= 0.3 is 0 Å². The molecule has 0 atom stereocenters. The van der Waals surface area contributed by atoms with E-state index in [1.165, 1.54) is 5.38 Å². The van der Waals surface area contributed by atoms with Crippen LogP contribution in [0.4, 0.5) is 22.0 Å². The summed E-state index contributed by atoms with van der Waals surface area (Å²) in [4.78, 5) is 3.59. The summed E-state index contributed by atoms with van der Waals surface area (Å²) in [7, 11) is 0. The fourth-order valence-electron chi connectivity index (χ4n) is 1.21. The Morgan fingerprint density at radius 2 is 1.35 bits per heavy atom. The first-order chi connectivity index (χ1) is 7.93. The van der Waals surface area contributed by atoms with Crippen LogP contribution in [0.15, 0.2) is 5.38 Å². The summed E-state index contributed by atoms with van der Waals surface area (Å²) in [6.07, 6.45) is 0. The van der Waals surface area contributed by atoms with Crippen LogP contribution in [0.3, 0.4) is 0 Å². The Morgan fingerprint density at radius 1 is 0.882 bits per heavy atom. The minimum atomic E-state index is -2.19. The van der Waals surface area contributed by atoms with Crippen LogP contribution in [-0.4, -0.2) is 4.98 Å². The lowest BCUT2D eigenvalue weighted by Crippen LogP contribution is -2.03. The Balaban J connectivity index is 2.78. The van der Waals surface area contributed by atoms with Crippen LogP contribution in [0.2, 0.25) is 0 Å². The second kappa shape index (κ2) is 4.06. The molecule has 7 heteroatoms. The van der Waals surface area contributed by atoms with Gasteiger partial charge in [-0.3, -0.25) is 0 Å². The molecule has 2 aromatic rings. The Morgan fingerprint density at radius 3 is 1.76 bits per heavy atom. The molecule has 89 valence electrons. The van der Waals surface area contributed by atoms with Crippen LogP contribution in [0.25, 0.3) is 10.6 Å². The molecule has 1 nitrogen and oxygen atoms in total. The van der Waals surface area contributed by atoms with Gasteiger partial charge in [-0.1, -0.05) is 0 Å². The molecule has 1 radical (unpaired) electrons. The lowest BCUT2D eigenvalue weighted by Gasteiger charge is -2.05. The van der Waals surface area contributed by atoms with Crippen LogP contribution < -0.4 is 0 Å². The van der Waals surface area contributed by atoms with Crippen LogP contribution in [0.1, 0.15) is 5.69 Å². The Hall–Kier alpha value is -1.50. The molecule has 0 saturated heterocycles. The fourth-order valence-corrected chi connectivity index (χ4v) is 1.98. The number of aromatic nitrogens is 1. The van der Waals surface area contributed by atoms with Crippen LogP contribution in [-0.2, 0) is 0 Å². The number of nitrogens with zero attached hydrogens (tertiary/aromatic N) is 1. The summed E-state index contributed by atoms with van der Waals surface area (Å²) in [6, 6.07) is 0. The molecular formula is C10H3F5NS. The molecule has 0 saturated carbocycles. The maximum atomic E-state index is 13.3. The zero-order valence-electron chi connectivity index (χ0n) is 8.03. The third kappa shape index (κ3) is 1.80. The second-order valence-corrected chi connectivity index (χ2v) is 3.95. The molecule has 1 aromatic carbocycles. The molecule has 0 N–H and O–H groups in total. The zero-order valence-corrected chi connectivity index (χ0v) is 8.85. The van der Waals surface area contributed by atoms with E-state index in [4.69, 9.17) is 0 Å². The van der Waals surface area contributed by atoms with E-state index in [0.29, 0.717) is 0 Å². The number of hydrogen-bond donors (Lipinski definition) is 0. The van der Waals surface area contributed by atoms with E-state index < -0.39 is 34.6 Å². The van der Waals surface area contributed by atoms with Crippen LogP contribution >= 0.6 is 11.3 Å². The quantitative estimate of drug-likeness (QED) is 0.435. The van der Waals surface area contributed by atoms with E-state index in [0.717, 1.165) is 11.3 Å². The van der Waals surface area contributed by atoms with Crippen molar-refractivity contribution >= 4 is 11.3 Å². The van der Waals surface area contributed by atoms with Gasteiger partial charge in [0.15, 0.2) is 23.3 Å². The Kier molecular flexibility index (Phi) is 2.86. The zero-order chi connectivity index (χ0) is 12.7. The summed E-state index contributed by atoms with van der Waals surface area (Å²) in [5.41, 5.74) is -0.838. The van der Waals surface area contributed by atoms with Gasteiger partial charge in [-0.15, -0.1) is 11.3 Å². The van der Waals surface area contributed by atoms with Crippen molar-refractivity contribution in [3.05, 3.63) is 47.1 Å². The molecule has 0 amide bonds. The van der Waals surface area contributed by atoms with Gasteiger partial charge in [0.25, 0.3) is 0 Å². The van der Waals surface area contributed by atoms with Crippen molar-refractivity contribution in [2.24, 2.45) is 0 Å². The molecule has 0 bridgehead atoms. The number of benzene rings is 1. The first-order valence-corrected chi connectivity index (χ1v) is 5.10. The predicted molar refractivity (Wildman–Crippen MR) is 51.8 cm³/mol. The highest BCUT2D eigenvalue weighted by Crippen LogP contribution is 2.33. The van der Waals surface area contributed by atoms with E-state index in [1.807, 2.05) is 0 Å². The van der Waals surface area contributed by atoms with Crippen molar-refractivity contribution in [1.82, 2.24) is 4.98 Å². The predicted octanol–water partition coefficient (Wildman–Crippen LogP) is 3.69. The standard InChI is InChI=1S/C10H3F5NS/c1-3-2-17-10(16-3)4-5(11)7(13)9(15)8(14)6(4)12/h2H,1H2. The summed E-state index contributed by atoms with van der Waals surface area (Å²) >= 11 is 0.745. The van der Waals surface area contributed by atoms with Gasteiger partial charge in [-0.05, 0) is 6.92 Å². The highest BCUT2D eigenvalue weighted by Gasteiger charge is 2.27. The van der Waals surface area contributed by atoms with E-state index in [9.17, 15) is 22.0 Å². The monoisotopic (exact) mass is 264 g/mol. The Labute approximate surface area is 96.5 Å². The molecule has 2 rings (SSSR count). The maximum absolute atomic E-state index is 13.3. The molecule has 0 aliphatic carbocycles. The smallest absolute Gasteiger partial charge is 0.200 e. The van der Waals surface area contributed by atoms with E-state index in [2.05, 4.69) is 11.9 Å². The Bertz CT molecular complexity index is 564. The topological polar surface area (TPSA) is 12.9 Å². The van der Waals surface area contributed by atoms with Gasteiger partial charge in [0, 0.05) is 5.38 Å². The lowest BCUT2D eigenvalue weighted by atomic mass is 10.2. The normalized spacial score (nSPS) is 10.9. The van der Waals surface area contributed by atoms with Crippen molar-refractivity contribution in [2.75, 3.05) is 0 Å². The summed E-state index contributed by atoms with van der Waals surface area (Å²) in [5, 5.41) is 1.04. The fraction of sp³-hybridized carbons (Fsp3) is 0. The molecule has 1 heterocycles. The number of hydrogen-bond acceptors (Lipinski definition) is 2. The first kappa shape index (κ1) is 12.0. The summed E-state index contributed by atoms with van der Waals surface area (Å²) in [6.45, 7) is 3.38. The largest absolute Gasteiger partial charge is 0.241 e. The van der Waals surface area contributed by atoms with Crippen molar-refractivity contribution < 1.29 is 22.0 Å². The van der Waals surface area contributed by atoms with Crippen molar-refractivity contribution in [2.45, 2.75) is 0 Å². The van der Waals surface area contributed by atoms with Gasteiger partial charge in [-0.25, -0.2) is 26.9 Å². The van der Waals surface area contributed by atoms with E-state index >= 15 is 0 Å². The first-order valence-electron chi connectivity index (χ1n) is 4.22. The maximum Gasteiger partial charge on any atom is 0.200 e. The number of thiazole rings is 1. The van der Waals surface area contributed by atoms with Crippen molar-refractivity contribution in [3.63, 3.8) is 0 Å². The molecule has 0 spiro atoms. The van der Waals surface area contributed by atoms with Gasteiger partial charge < -0.3 is 0 Å². The van der Waals surface area contributed by atoms with Crippen molar-refractivity contribution in [1.29, 1.82) is 0 Å². The SMILES string of the molecule is [CH2]c1csc(-c2c(F)c(F)c(F)c(F)c2F)n1. The van der Waals surface area contributed by atoms with Crippen molar-refractivity contribution in [3.8, 4) is 10.6 Å². The second-order valence-electron chi connectivity index (χ2n) is 3.09. The molecule has 0 aliphatic heterocycles. The molecule has 17 heavy (non-hydrogen) atoms. The highest BCUT2D eigenvalue weighted by atomic mass is 32.1. The highest BCUT2D eigenvalue weighted by molar-refractivity contribution is 7.13. The summed E-state index contributed by atoms with van der Waals surface area (Å²) < 4.78 is 65.2. The molecule has 1 aromatic heterocycles. The van der Waals surface area contributed by atoms with E-state index in [1.54, 1.807) is 0 Å². The summed E-state index contributed by atoms with van der Waals surface area (Å²) in [5.74, 6) is -9.94. The average molecular weight is 264 g/mol. The lowest BCUT2D eigenvalue weighted by molar-refractivity contribution is 0.381. The molecule has 0 unspecified atom stereocenters. The van der Waals surface area contributed by atoms with Gasteiger partial charge in [0.2, 0.25) is 5.82 Å².